The molecular weight excluding hydrogens is 566 g/mol. The van der Waals surface area contributed by atoms with Gasteiger partial charge in [0.15, 0.2) is 0 Å². The molecular formula is C25H21Cl3F3N5O2. The van der Waals surface area contributed by atoms with Crippen LogP contribution in [0.1, 0.15) is 16.2 Å². The van der Waals surface area contributed by atoms with Crippen LogP contribution in [-0.4, -0.2) is 35.5 Å². The van der Waals surface area contributed by atoms with Crippen molar-refractivity contribution in [3.8, 4) is 0 Å². The number of para-hydroxylation sites is 1. The molecule has 7 nitrogen and oxygen atoms in total. The quantitative estimate of drug-likeness (QED) is 0.262. The first-order valence-corrected chi connectivity index (χ1v) is 11.6. The highest BCUT2D eigenvalue weighted by molar-refractivity contribution is 6.40. The lowest BCUT2D eigenvalue weighted by molar-refractivity contribution is -0.147. The molecule has 0 spiro atoms. The van der Waals surface area contributed by atoms with Gasteiger partial charge in [-0.25, -0.2) is 4.98 Å². The van der Waals surface area contributed by atoms with Crippen LogP contribution in [-0.2, 0) is 17.5 Å². The van der Waals surface area contributed by atoms with Crippen LogP contribution in [0.3, 0.4) is 0 Å². The second kappa shape index (κ2) is 11.5. The van der Waals surface area contributed by atoms with Gasteiger partial charge in [-0.2, -0.15) is 13.2 Å². The SMILES string of the molecule is CN(C)c1ccc(NC(=O)Cn2c(C(F)(F)F)nc3c(NC(=O)c4c(Cl)cccc4Cl)cccc32)cc1.Cl. The fourth-order valence-electron chi connectivity index (χ4n) is 3.71. The van der Waals surface area contributed by atoms with Gasteiger partial charge in [-0.05, 0) is 48.5 Å². The monoisotopic (exact) mass is 585 g/mol. The Balaban J connectivity index is 0.00000400. The van der Waals surface area contributed by atoms with Gasteiger partial charge in [0.1, 0.15) is 12.1 Å². The van der Waals surface area contributed by atoms with Gasteiger partial charge in [0.2, 0.25) is 11.7 Å². The smallest absolute Gasteiger partial charge is 0.378 e. The van der Waals surface area contributed by atoms with Crippen LogP contribution in [0, 0.1) is 0 Å². The van der Waals surface area contributed by atoms with Crippen molar-refractivity contribution in [1.82, 2.24) is 9.55 Å². The van der Waals surface area contributed by atoms with Gasteiger partial charge in [-0.15, -0.1) is 12.4 Å². The normalized spacial score (nSPS) is 11.1. The van der Waals surface area contributed by atoms with E-state index < -0.39 is 30.4 Å². The summed E-state index contributed by atoms with van der Waals surface area (Å²) in [4.78, 5) is 31.1. The van der Waals surface area contributed by atoms with Crippen molar-refractivity contribution in [3.05, 3.63) is 82.1 Å². The summed E-state index contributed by atoms with van der Waals surface area (Å²) in [5.74, 6) is -2.68. The fraction of sp³-hybridized carbons (Fsp3) is 0.160. The van der Waals surface area contributed by atoms with E-state index in [9.17, 15) is 22.8 Å². The van der Waals surface area contributed by atoms with Crippen LogP contribution >= 0.6 is 35.6 Å². The van der Waals surface area contributed by atoms with Gasteiger partial charge in [0.05, 0.1) is 26.8 Å². The van der Waals surface area contributed by atoms with Gasteiger partial charge in [0, 0.05) is 25.5 Å². The van der Waals surface area contributed by atoms with Crippen molar-refractivity contribution >= 4 is 75.5 Å². The summed E-state index contributed by atoms with van der Waals surface area (Å²) in [6.07, 6.45) is -4.86. The largest absolute Gasteiger partial charge is 0.449 e. The molecule has 2 N–H and O–H groups in total. The van der Waals surface area contributed by atoms with Crippen LogP contribution < -0.4 is 15.5 Å². The molecule has 0 radical (unpaired) electrons. The molecule has 1 heterocycles. The molecule has 0 unspecified atom stereocenters. The number of anilines is 3. The number of aromatic nitrogens is 2. The number of benzene rings is 3. The Morgan fingerprint density at radius 1 is 0.947 bits per heavy atom. The number of carbonyl (C=O) groups excluding carboxylic acids is 2. The van der Waals surface area contributed by atoms with E-state index in [-0.39, 0.29) is 44.7 Å². The molecule has 0 atom stereocenters. The number of amides is 2. The molecule has 13 heteroatoms. The van der Waals surface area contributed by atoms with Crippen LogP contribution in [0.2, 0.25) is 10.0 Å². The lowest BCUT2D eigenvalue weighted by atomic mass is 10.2. The third kappa shape index (κ3) is 6.15. The van der Waals surface area contributed by atoms with Gasteiger partial charge in [0.25, 0.3) is 5.91 Å². The molecule has 0 aliphatic rings. The highest BCUT2D eigenvalue weighted by Crippen LogP contribution is 2.34. The topological polar surface area (TPSA) is 79.3 Å². The maximum Gasteiger partial charge on any atom is 0.449 e. The molecule has 0 saturated heterocycles. The standard InChI is InChI=1S/C25H20Cl2F3N5O2.ClH/c1-34(2)15-11-9-14(10-12-15)31-20(36)13-35-19-8-4-7-18(22(19)33-24(35)25(28,29)30)32-23(37)21-16(26)5-3-6-17(21)27;/h3-12H,13H2,1-2H3,(H,31,36)(H,32,37);1H. The number of carbonyl (C=O) groups is 2. The Labute approximate surface area is 231 Å². The van der Waals surface area contributed by atoms with Crippen molar-refractivity contribution in [1.29, 1.82) is 0 Å². The molecule has 0 fully saturated rings. The molecule has 0 saturated carbocycles. The molecule has 0 bridgehead atoms. The molecule has 200 valence electrons. The first-order chi connectivity index (χ1) is 17.5. The lowest BCUT2D eigenvalue weighted by Gasteiger charge is -2.14. The number of imidazole rings is 1. The van der Waals surface area contributed by atoms with E-state index in [1.165, 1.54) is 30.3 Å². The third-order valence-electron chi connectivity index (χ3n) is 5.44. The van der Waals surface area contributed by atoms with Crippen molar-refractivity contribution in [2.24, 2.45) is 0 Å². The zero-order valence-electron chi connectivity index (χ0n) is 19.9. The first kappa shape index (κ1) is 29.1. The summed E-state index contributed by atoms with van der Waals surface area (Å²) >= 11 is 12.2. The molecule has 4 rings (SSSR count). The Morgan fingerprint density at radius 2 is 1.55 bits per heavy atom. The van der Waals surface area contributed by atoms with Gasteiger partial charge >= 0.3 is 6.18 Å². The average Bonchev–Trinajstić information content (AvgIpc) is 3.19. The number of hydrogen-bond acceptors (Lipinski definition) is 4. The highest BCUT2D eigenvalue weighted by atomic mass is 35.5. The molecule has 0 aliphatic heterocycles. The minimum atomic E-state index is -4.86. The zero-order chi connectivity index (χ0) is 26.9. The molecule has 2 amide bonds. The van der Waals surface area contributed by atoms with E-state index in [1.54, 1.807) is 30.3 Å². The second-order valence-electron chi connectivity index (χ2n) is 8.23. The second-order valence-corrected chi connectivity index (χ2v) is 9.05. The van der Waals surface area contributed by atoms with E-state index in [1.807, 2.05) is 19.0 Å². The van der Waals surface area contributed by atoms with Gasteiger partial charge < -0.3 is 20.1 Å². The maximum absolute atomic E-state index is 13.9. The summed E-state index contributed by atoms with van der Waals surface area (Å²) in [5, 5.41) is 5.28. The lowest BCUT2D eigenvalue weighted by Crippen LogP contribution is -2.23. The minimum absolute atomic E-state index is 0. The summed E-state index contributed by atoms with van der Waals surface area (Å²) in [6, 6.07) is 15.5. The number of rotatable bonds is 6. The number of nitrogens with one attached hydrogen (secondary N) is 2. The van der Waals surface area contributed by atoms with E-state index in [4.69, 9.17) is 23.2 Å². The highest BCUT2D eigenvalue weighted by Gasteiger charge is 2.38. The van der Waals surface area contributed by atoms with Crippen LogP contribution in [0.25, 0.3) is 11.0 Å². The van der Waals surface area contributed by atoms with Crippen LogP contribution in [0.5, 0.6) is 0 Å². The Hall–Kier alpha value is -3.47. The number of hydrogen-bond donors (Lipinski definition) is 2. The fourth-order valence-corrected chi connectivity index (χ4v) is 4.28. The van der Waals surface area contributed by atoms with Crippen LogP contribution in [0.4, 0.5) is 30.2 Å². The summed E-state index contributed by atoms with van der Waals surface area (Å²) in [6.45, 7) is -0.658. The van der Waals surface area contributed by atoms with Gasteiger partial charge in [-0.1, -0.05) is 35.3 Å². The van der Waals surface area contributed by atoms with E-state index in [0.717, 1.165) is 10.3 Å². The van der Waals surface area contributed by atoms with E-state index >= 15 is 0 Å². The van der Waals surface area contributed by atoms with Crippen molar-refractivity contribution in [2.45, 2.75) is 12.7 Å². The van der Waals surface area contributed by atoms with E-state index in [2.05, 4.69) is 15.6 Å². The maximum atomic E-state index is 13.9. The number of nitrogens with zero attached hydrogens (tertiary/aromatic N) is 3. The minimum Gasteiger partial charge on any atom is -0.378 e. The first-order valence-electron chi connectivity index (χ1n) is 10.8. The molecule has 0 aliphatic carbocycles. The van der Waals surface area contributed by atoms with Crippen molar-refractivity contribution < 1.29 is 22.8 Å². The zero-order valence-corrected chi connectivity index (χ0v) is 22.3. The Kier molecular flexibility index (Phi) is 8.81. The predicted octanol–water partition coefficient (Wildman–Crippen LogP) is 6.74. The number of alkyl halides is 3. The molecule has 3 aromatic carbocycles. The summed E-state index contributed by atoms with van der Waals surface area (Å²) in [7, 11) is 3.71. The van der Waals surface area contributed by atoms with Crippen molar-refractivity contribution in [2.75, 3.05) is 29.6 Å². The summed E-state index contributed by atoms with van der Waals surface area (Å²) in [5.41, 5.74) is 1.16. The Morgan fingerprint density at radius 3 is 2.13 bits per heavy atom. The van der Waals surface area contributed by atoms with E-state index in [0.29, 0.717) is 5.69 Å². The molecule has 4 aromatic rings. The van der Waals surface area contributed by atoms with Crippen molar-refractivity contribution in [3.63, 3.8) is 0 Å². The van der Waals surface area contributed by atoms with Gasteiger partial charge in [-0.3, -0.25) is 9.59 Å². The molecule has 38 heavy (non-hydrogen) atoms. The predicted molar refractivity (Wildman–Crippen MR) is 146 cm³/mol. The number of halogens is 6. The van der Waals surface area contributed by atoms with Crippen LogP contribution in [0.15, 0.2) is 60.7 Å². The average molecular weight is 587 g/mol. The third-order valence-corrected chi connectivity index (χ3v) is 6.07. The Bertz CT molecular complexity index is 1470. The summed E-state index contributed by atoms with van der Waals surface area (Å²) < 4.78 is 42.5. The molecule has 1 aromatic heterocycles. The number of fused-ring (bicyclic) bond motifs is 1.